The minimum atomic E-state index is -4.62. The molecule has 1 saturated heterocycles. The third-order valence-electron chi connectivity index (χ3n) is 4.45. The second-order valence-electron chi connectivity index (χ2n) is 6.50. The molecule has 6 nitrogen and oxygen atoms in total. The third kappa shape index (κ3) is 4.26. The van der Waals surface area contributed by atoms with Gasteiger partial charge in [-0.1, -0.05) is 0 Å². The molecule has 1 aliphatic heterocycles. The maximum absolute atomic E-state index is 13.4. The Morgan fingerprint density at radius 2 is 2.03 bits per heavy atom. The molecule has 0 radical (unpaired) electrons. The van der Waals surface area contributed by atoms with Crippen molar-refractivity contribution in [2.45, 2.75) is 24.6 Å². The van der Waals surface area contributed by atoms with Gasteiger partial charge >= 0.3 is 6.18 Å². The van der Waals surface area contributed by atoms with E-state index in [1.165, 1.54) is 12.3 Å². The number of hydrogen-bond acceptors (Lipinski definition) is 4. The number of likely N-dealkylation sites (tertiary alicyclic amines) is 1. The molecule has 0 saturated carbocycles. The molecule has 1 N–H and O–H groups in total. The van der Waals surface area contributed by atoms with Crippen molar-refractivity contribution in [2.75, 3.05) is 13.1 Å². The third-order valence-corrected chi connectivity index (χ3v) is 4.45. The molecule has 0 bridgehead atoms. The molecule has 152 valence electrons. The number of carbonyl (C=O) groups is 2. The van der Waals surface area contributed by atoms with Crippen LogP contribution in [-0.2, 0) is 11.0 Å². The molecule has 0 unspecified atom stereocenters. The molecular formula is C18H13F5N4O2. The molecule has 1 aromatic heterocycles. The van der Waals surface area contributed by atoms with Gasteiger partial charge in [0, 0.05) is 18.0 Å². The standard InChI is InChI=1S/C18H13F5N4O2/c19-17(20)6-11(7-24)27(9-17)15(28)8-26-16(29)12-3-4-25-14-2-1-10(5-13(12)14)18(21,22)23/h1-5,11H,6,8-9H2,(H,26,29)/t11-/m0/s1. The van der Waals surface area contributed by atoms with E-state index in [0.717, 1.165) is 18.2 Å². The number of nitriles is 1. The fourth-order valence-corrected chi connectivity index (χ4v) is 3.07. The summed E-state index contributed by atoms with van der Waals surface area (Å²) in [5.41, 5.74) is -0.988. The molecule has 1 aromatic carbocycles. The molecule has 1 fully saturated rings. The molecule has 1 atom stereocenters. The first-order chi connectivity index (χ1) is 13.5. The zero-order chi connectivity index (χ0) is 21.4. The average molecular weight is 412 g/mol. The van der Waals surface area contributed by atoms with Crippen LogP contribution >= 0.6 is 0 Å². The lowest BCUT2D eigenvalue weighted by molar-refractivity contribution is -0.137. The summed E-state index contributed by atoms with van der Waals surface area (Å²) in [5.74, 6) is -4.96. The summed E-state index contributed by atoms with van der Waals surface area (Å²) in [6, 6.07) is 4.20. The van der Waals surface area contributed by atoms with Crippen molar-refractivity contribution in [2.24, 2.45) is 0 Å². The van der Waals surface area contributed by atoms with Crippen LogP contribution in [-0.4, -0.2) is 46.8 Å². The molecule has 1 aliphatic rings. The number of amides is 2. The van der Waals surface area contributed by atoms with Gasteiger partial charge in [-0.2, -0.15) is 18.4 Å². The van der Waals surface area contributed by atoms with E-state index in [1.54, 1.807) is 6.07 Å². The number of alkyl halides is 5. The van der Waals surface area contributed by atoms with Crippen LogP contribution in [0.2, 0.25) is 0 Å². The van der Waals surface area contributed by atoms with E-state index in [9.17, 15) is 31.5 Å². The summed E-state index contributed by atoms with van der Waals surface area (Å²) in [6.07, 6.45) is -4.20. The molecule has 11 heteroatoms. The van der Waals surface area contributed by atoms with Crippen molar-refractivity contribution < 1.29 is 31.5 Å². The Labute approximate surface area is 160 Å². The smallest absolute Gasteiger partial charge is 0.343 e. The summed E-state index contributed by atoms with van der Waals surface area (Å²) in [7, 11) is 0. The van der Waals surface area contributed by atoms with Gasteiger partial charge in [0.05, 0.1) is 35.8 Å². The van der Waals surface area contributed by atoms with Crippen LogP contribution in [0.3, 0.4) is 0 Å². The number of aromatic nitrogens is 1. The SMILES string of the molecule is N#C[C@@H]1CC(F)(F)CN1C(=O)CNC(=O)c1ccnc2ccc(C(F)(F)F)cc12. The van der Waals surface area contributed by atoms with Crippen LogP contribution in [0.5, 0.6) is 0 Å². The van der Waals surface area contributed by atoms with Crippen LogP contribution in [0.25, 0.3) is 10.9 Å². The average Bonchev–Trinajstić information content (AvgIpc) is 2.99. The van der Waals surface area contributed by atoms with E-state index in [4.69, 9.17) is 5.26 Å². The predicted molar refractivity (Wildman–Crippen MR) is 89.8 cm³/mol. The van der Waals surface area contributed by atoms with Gasteiger partial charge in [0.2, 0.25) is 5.91 Å². The minimum Gasteiger partial charge on any atom is -0.343 e. The second-order valence-corrected chi connectivity index (χ2v) is 6.50. The normalized spacial score (nSPS) is 18.5. The fraction of sp³-hybridized carbons (Fsp3) is 0.333. The number of halogens is 5. The maximum Gasteiger partial charge on any atom is 0.416 e. The number of carbonyl (C=O) groups excluding carboxylic acids is 2. The van der Waals surface area contributed by atoms with Crippen molar-refractivity contribution in [1.82, 2.24) is 15.2 Å². The summed E-state index contributed by atoms with van der Waals surface area (Å²) in [5, 5.41) is 11.0. The zero-order valence-corrected chi connectivity index (χ0v) is 14.6. The number of nitrogens with zero attached hydrogens (tertiary/aromatic N) is 3. The second kappa shape index (κ2) is 7.27. The van der Waals surface area contributed by atoms with Gasteiger partial charge in [0.1, 0.15) is 6.04 Å². The Morgan fingerprint density at radius 1 is 1.31 bits per heavy atom. The van der Waals surface area contributed by atoms with Crippen LogP contribution in [0.4, 0.5) is 22.0 Å². The van der Waals surface area contributed by atoms with Gasteiger partial charge in [-0.15, -0.1) is 0 Å². The Kier molecular flexibility index (Phi) is 5.13. The fourth-order valence-electron chi connectivity index (χ4n) is 3.07. The Hall–Kier alpha value is -3.29. The van der Waals surface area contributed by atoms with E-state index in [2.05, 4.69) is 10.3 Å². The predicted octanol–water partition coefficient (Wildman–Crippen LogP) is 2.74. The highest BCUT2D eigenvalue weighted by Crippen LogP contribution is 2.32. The molecule has 2 aromatic rings. The highest BCUT2D eigenvalue weighted by Gasteiger charge is 2.47. The Morgan fingerprint density at radius 3 is 2.69 bits per heavy atom. The van der Waals surface area contributed by atoms with Gasteiger partial charge in [0.25, 0.3) is 11.8 Å². The number of rotatable bonds is 3. The zero-order valence-electron chi connectivity index (χ0n) is 14.6. The van der Waals surface area contributed by atoms with Gasteiger partial charge in [0.15, 0.2) is 0 Å². The lowest BCUT2D eigenvalue weighted by atomic mass is 10.1. The topological polar surface area (TPSA) is 86.1 Å². The van der Waals surface area contributed by atoms with Crippen molar-refractivity contribution in [3.63, 3.8) is 0 Å². The number of benzene rings is 1. The number of nitrogens with one attached hydrogen (secondary N) is 1. The van der Waals surface area contributed by atoms with Crippen molar-refractivity contribution in [3.8, 4) is 6.07 Å². The number of fused-ring (bicyclic) bond motifs is 1. The highest BCUT2D eigenvalue weighted by atomic mass is 19.4. The molecule has 0 aliphatic carbocycles. The first-order valence-electron chi connectivity index (χ1n) is 8.33. The molecule has 0 spiro atoms. The Balaban J connectivity index is 1.78. The van der Waals surface area contributed by atoms with E-state index in [-0.39, 0.29) is 16.5 Å². The van der Waals surface area contributed by atoms with Crippen LogP contribution < -0.4 is 5.32 Å². The van der Waals surface area contributed by atoms with Crippen molar-refractivity contribution >= 4 is 22.7 Å². The lowest BCUT2D eigenvalue weighted by Crippen LogP contribution is -2.43. The minimum absolute atomic E-state index is 0.0742. The molecule has 29 heavy (non-hydrogen) atoms. The van der Waals surface area contributed by atoms with E-state index < -0.39 is 55.0 Å². The molecular weight excluding hydrogens is 399 g/mol. The van der Waals surface area contributed by atoms with Gasteiger partial charge in [-0.3, -0.25) is 14.6 Å². The molecule has 2 amide bonds. The summed E-state index contributed by atoms with van der Waals surface area (Å²) >= 11 is 0. The maximum atomic E-state index is 13.4. The highest BCUT2D eigenvalue weighted by molar-refractivity contribution is 6.07. The van der Waals surface area contributed by atoms with Crippen molar-refractivity contribution in [3.05, 3.63) is 41.6 Å². The van der Waals surface area contributed by atoms with Gasteiger partial charge in [-0.25, -0.2) is 8.78 Å². The number of pyridine rings is 1. The monoisotopic (exact) mass is 412 g/mol. The lowest BCUT2D eigenvalue weighted by Gasteiger charge is -2.19. The summed E-state index contributed by atoms with van der Waals surface area (Å²) < 4.78 is 65.7. The van der Waals surface area contributed by atoms with E-state index in [0.29, 0.717) is 4.90 Å². The van der Waals surface area contributed by atoms with Gasteiger partial charge < -0.3 is 10.2 Å². The Bertz CT molecular complexity index is 1020. The molecule has 3 rings (SSSR count). The van der Waals surface area contributed by atoms with E-state index >= 15 is 0 Å². The molecule has 2 heterocycles. The van der Waals surface area contributed by atoms with Crippen molar-refractivity contribution in [1.29, 1.82) is 5.26 Å². The summed E-state index contributed by atoms with van der Waals surface area (Å²) in [6.45, 7) is -1.62. The largest absolute Gasteiger partial charge is 0.416 e. The van der Waals surface area contributed by atoms with E-state index in [1.807, 2.05) is 0 Å². The van der Waals surface area contributed by atoms with Gasteiger partial charge in [-0.05, 0) is 24.3 Å². The van der Waals surface area contributed by atoms with Crippen LogP contribution in [0, 0.1) is 11.3 Å². The first kappa shape index (κ1) is 20.4. The first-order valence-corrected chi connectivity index (χ1v) is 8.33. The van der Waals surface area contributed by atoms with Crippen LogP contribution in [0.15, 0.2) is 30.5 Å². The number of hydrogen-bond donors (Lipinski definition) is 1. The summed E-state index contributed by atoms with van der Waals surface area (Å²) in [4.78, 5) is 29.1. The van der Waals surface area contributed by atoms with Crippen LogP contribution in [0.1, 0.15) is 22.3 Å². The quantitative estimate of drug-likeness (QED) is 0.786.